The Morgan fingerprint density at radius 3 is 2.68 bits per heavy atom. The van der Waals surface area contributed by atoms with Crippen molar-refractivity contribution in [1.82, 2.24) is 4.98 Å². The molecular weight excluding hydrogens is 281 g/mol. The molecule has 0 aliphatic rings. The third kappa shape index (κ3) is 6.11. The van der Waals surface area contributed by atoms with E-state index in [1.165, 1.54) is 0 Å². The molecule has 19 heavy (non-hydrogen) atoms. The Balaban J connectivity index is 2.48. The van der Waals surface area contributed by atoms with Crippen LogP contribution in [-0.4, -0.2) is 24.7 Å². The van der Waals surface area contributed by atoms with Gasteiger partial charge in [0.1, 0.15) is 11.0 Å². The zero-order valence-electron chi connectivity index (χ0n) is 10.6. The van der Waals surface area contributed by atoms with Gasteiger partial charge in [-0.15, -0.1) is 0 Å². The lowest BCUT2D eigenvalue weighted by atomic mass is 10.2. The molecule has 3 nitrogen and oxygen atoms in total. The summed E-state index contributed by atoms with van der Waals surface area (Å²) in [5.74, 6) is 0.0962. The van der Waals surface area contributed by atoms with E-state index in [1.54, 1.807) is 0 Å². The first kappa shape index (κ1) is 16.0. The molecule has 1 rings (SSSR count). The number of unbranched alkanes of at least 4 members (excludes halogenated alkanes) is 1. The second-order valence-corrected chi connectivity index (χ2v) is 4.34. The number of nitrogens with zero attached hydrogens (tertiary/aromatic N) is 1. The summed E-state index contributed by atoms with van der Waals surface area (Å²) in [6, 6.07) is 1.72. The van der Waals surface area contributed by atoms with Gasteiger partial charge in [-0.05, 0) is 18.6 Å². The average Bonchev–Trinajstić information content (AvgIpc) is 2.32. The van der Waals surface area contributed by atoms with Crippen LogP contribution in [0.25, 0.3) is 0 Å². The number of hydrogen-bond donors (Lipinski definition) is 1. The molecule has 0 unspecified atom stereocenters. The summed E-state index contributed by atoms with van der Waals surface area (Å²) in [6.07, 6.45) is -2.42. The Morgan fingerprint density at radius 1 is 1.32 bits per heavy atom. The maximum atomic E-state index is 12.5. The van der Waals surface area contributed by atoms with E-state index in [2.05, 4.69) is 17.2 Å². The van der Waals surface area contributed by atoms with Gasteiger partial charge in [-0.3, -0.25) is 0 Å². The zero-order chi connectivity index (χ0) is 14.3. The lowest BCUT2D eigenvalue weighted by Crippen LogP contribution is -2.12. The highest BCUT2D eigenvalue weighted by atomic mass is 35.5. The first-order chi connectivity index (χ1) is 8.93. The molecule has 7 heteroatoms. The van der Waals surface area contributed by atoms with Gasteiger partial charge < -0.3 is 10.1 Å². The van der Waals surface area contributed by atoms with Crippen LogP contribution in [0.2, 0.25) is 5.15 Å². The minimum absolute atomic E-state index is 0.0962. The van der Waals surface area contributed by atoms with Crippen LogP contribution >= 0.6 is 11.6 Å². The smallest absolute Gasteiger partial charge is 0.380 e. The summed E-state index contributed by atoms with van der Waals surface area (Å²) in [4.78, 5) is 3.78. The van der Waals surface area contributed by atoms with Crippen molar-refractivity contribution in [1.29, 1.82) is 0 Å². The van der Waals surface area contributed by atoms with Crippen LogP contribution in [0.15, 0.2) is 12.1 Å². The Morgan fingerprint density at radius 2 is 2.05 bits per heavy atom. The minimum atomic E-state index is -4.43. The lowest BCUT2D eigenvalue weighted by molar-refractivity contribution is -0.137. The number of rotatable bonds is 7. The van der Waals surface area contributed by atoms with Gasteiger partial charge in [0.15, 0.2) is 0 Å². The predicted octanol–water partition coefficient (Wildman–Crippen LogP) is 3.98. The number of alkyl halides is 3. The summed E-state index contributed by atoms with van der Waals surface area (Å²) >= 11 is 5.56. The molecule has 0 aliphatic heterocycles. The van der Waals surface area contributed by atoms with Crippen molar-refractivity contribution >= 4 is 17.4 Å². The molecule has 0 saturated carbocycles. The fourth-order valence-electron chi connectivity index (χ4n) is 1.35. The second kappa shape index (κ2) is 7.55. The fourth-order valence-corrected chi connectivity index (χ4v) is 1.56. The number of hydrogen-bond acceptors (Lipinski definition) is 3. The molecule has 1 aromatic rings. The lowest BCUT2D eigenvalue weighted by Gasteiger charge is -2.11. The summed E-state index contributed by atoms with van der Waals surface area (Å²) in [7, 11) is 0. The Bertz CT molecular complexity index is 399. The Labute approximate surface area is 115 Å². The highest BCUT2D eigenvalue weighted by Crippen LogP contribution is 2.31. The van der Waals surface area contributed by atoms with Gasteiger partial charge in [-0.1, -0.05) is 24.9 Å². The van der Waals surface area contributed by atoms with Gasteiger partial charge >= 0.3 is 6.18 Å². The van der Waals surface area contributed by atoms with Crippen LogP contribution < -0.4 is 5.32 Å². The molecule has 1 aromatic heterocycles. The Kier molecular flexibility index (Phi) is 6.37. The van der Waals surface area contributed by atoms with Crippen molar-refractivity contribution < 1.29 is 17.9 Å². The molecule has 0 saturated heterocycles. The molecule has 0 atom stereocenters. The molecule has 0 radical (unpaired) electrons. The van der Waals surface area contributed by atoms with E-state index < -0.39 is 11.7 Å². The van der Waals surface area contributed by atoms with E-state index in [4.69, 9.17) is 16.3 Å². The third-order valence-electron chi connectivity index (χ3n) is 2.32. The summed E-state index contributed by atoms with van der Waals surface area (Å²) in [5.41, 5.74) is -0.818. The summed E-state index contributed by atoms with van der Waals surface area (Å²) < 4.78 is 42.9. The van der Waals surface area contributed by atoms with E-state index in [9.17, 15) is 13.2 Å². The molecule has 0 amide bonds. The van der Waals surface area contributed by atoms with E-state index in [0.717, 1.165) is 25.0 Å². The van der Waals surface area contributed by atoms with Crippen molar-refractivity contribution in [2.45, 2.75) is 25.9 Å². The van der Waals surface area contributed by atoms with Crippen molar-refractivity contribution in [3.8, 4) is 0 Å². The Hall–Kier alpha value is -1.01. The number of aromatic nitrogens is 1. The van der Waals surface area contributed by atoms with Crippen LogP contribution in [0.1, 0.15) is 25.3 Å². The SMILES string of the molecule is CCCCOCCNc1cc(C(F)(F)F)cc(Cl)n1. The maximum absolute atomic E-state index is 12.5. The van der Waals surface area contributed by atoms with Crippen LogP contribution in [0.5, 0.6) is 0 Å². The molecule has 108 valence electrons. The zero-order valence-corrected chi connectivity index (χ0v) is 11.3. The largest absolute Gasteiger partial charge is 0.416 e. The van der Waals surface area contributed by atoms with Crippen LogP contribution in [-0.2, 0) is 10.9 Å². The van der Waals surface area contributed by atoms with Gasteiger partial charge in [0.2, 0.25) is 0 Å². The van der Waals surface area contributed by atoms with Crippen molar-refractivity contribution in [2.24, 2.45) is 0 Å². The van der Waals surface area contributed by atoms with Gasteiger partial charge in [-0.2, -0.15) is 13.2 Å². The van der Waals surface area contributed by atoms with E-state index >= 15 is 0 Å². The minimum Gasteiger partial charge on any atom is -0.380 e. The summed E-state index contributed by atoms with van der Waals surface area (Å²) in [5, 5.41) is 2.56. The second-order valence-electron chi connectivity index (χ2n) is 3.95. The van der Waals surface area contributed by atoms with Crippen molar-refractivity contribution in [2.75, 3.05) is 25.1 Å². The molecule has 0 aromatic carbocycles. The first-order valence-corrected chi connectivity index (χ1v) is 6.37. The maximum Gasteiger partial charge on any atom is 0.416 e. The molecule has 0 spiro atoms. The first-order valence-electron chi connectivity index (χ1n) is 6.00. The van der Waals surface area contributed by atoms with Gasteiger partial charge in [0, 0.05) is 13.2 Å². The van der Waals surface area contributed by atoms with E-state index in [1.807, 2.05) is 0 Å². The van der Waals surface area contributed by atoms with Gasteiger partial charge in [0.25, 0.3) is 0 Å². The van der Waals surface area contributed by atoms with Crippen LogP contribution in [0, 0.1) is 0 Å². The standard InChI is InChI=1S/C12H16ClF3N2O/c1-2-3-5-19-6-4-17-11-8-9(12(14,15)16)7-10(13)18-11/h7-8H,2-6H2,1H3,(H,17,18). The van der Waals surface area contributed by atoms with Crippen LogP contribution in [0.4, 0.5) is 19.0 Å². The van der Waals surface area contributed by atoms with Gasteiger partial charge in [-0.25, -0.2) is 4.98 Å². The summed E-state index contributed by atoms with van der Waals surface area (Å²) in [6.45, 7) is 3.50. The number of ether oxygens (including phenoxy) is 1. The van der Waals surface area contributed by atoms with Crippen LogP contribution in [0.3, 0.4) is 0 Å². The quantitative estimate of drug-likeness (QED) is 0.610. The highest BCUT2D eigenvalue weighted by molar-refractivity contribution is 6.29. The number of nitrogens with one attached hydrogen (secondary N) is 1. The molecule has 0 bridgehead atoms. The third-order valence-corrected chi connectivity index (χ3v) is 2.51. The van der Waals surface area contributed by atoms with Crippen molar-refractivity contribution in [3.63, 3.8) is 0 Å². The average molecular weight is 297 g/mol. The fraction of sp³-hybridized carbons (Fsp3) is 0.583. The van der Waals surface area contributed by atoms with E-state index in [-0.39, 0.29) is 11.0 Å². The van der Waals surface area contributed by atoms with Crippen molar-refractivity contribution in [3.05, 3.63) is 22.8 Å². The number of pyridine rings is 1. The number of anilines is 1. The number of halogens is 4. The molecule has 0 aliphatic carbocycles. The topological polar surface area (TPSA) is 34.1 Å². The molecular formula is C12H16ClF3N2O. The molecule has 1 N–H and O–H groups in total. The molecule has 0 fully saturated rings. The predicted molar refractivity (Wildman–Crippen MR) is 68.5 cm³/mol. The highest BCUT2D eigenvalue weighted by Gasteiger charge is 2.31. The monoisotopic (exact) mass is 296 g/mol. The van der Waals surface area contributed by atoms with Gasteiger partial charge in [0.05, 0.1) is 12.2 Å². The van der Waals surface area contributed by atoms with E-state index in [0.29, 0.717) is 19.8 Å². The normalized spacial score (nSPS) is 11.6. The molecule has 1 heterocycles.